The molecule has 0 saturated heterocycles. The third-order valence-corrected chi connectivity index (χ3v) is 3.62. The van der Waals surface area contributed by atoms with E-state index in [1.165, 1.54) is 5.56 Å². The summed E-state index contributed by atoms with van der Waals surface area (Å²) in [5.74, 6) is 1.81. The normalized spacial score (nSPS) is 12.3. The maximum absolute atomic E-state index is 5.78. The highest BCUT2D eigenvalue weighted by atomic mass is 16.5. The molecule has 1 N–H and O–H groups in total. The molecule has 1 unspecified atom stereocenters. The van der Waals surface area contributed by atoms with Crippen LogP contribution in [-0.2, 0) is 13.7 Å². The maximum atomic E-state index is 5.78. The molecule has 0 bridgehead atoms. The molecule has 2 aromatic rings. The van der Waals surface area contributed by atoms with Crippen LogP contribution < -0.4 is 10.1 Å². The molecule has 0 amide bonds. The number of aromatic nitrogens is 2. The molecule has 4 heteroatoms. The molecule has 0 aliphatic rings. The molecule has 0 aliphatic heterocycles. The van der Waals surface area contributed by atoms with Gasteiger partial charge in [0, 0.05) is 25.5 Å². The number of rotatable bonds is 8. The molecule has 1 atom stereocenters. The van der Waals surface area contributed by atoms with Crippen molar-refractivity contribution in [3.63, 3.8) is 0 Å². The number of aryl methyl sites for hydroxylation is 1. The van der Waals surface area contributed by atoms with Gasteiger partial charge in [-0.2, -0.15) is 0 Å². The Morgan fingerprint density at radius 1 is 1.24 bits per heavy atom. The van der Waals surface area contributed by atoms with Crippen molar-refractivity contribution in [3.8, 4) is 5.75 Å². The molecule has 114 valence electrons. The number of hydrogen-bond donors (Lipinski definition) is 1. The fourth-order valence-electron chi connectivity index (χ4n) is 2.30. The predicted molar refractivity (Wildman–Crippen MR) is 85.3 cm³/mol. The van der Waals surface area contributed by atoms with Crippen LogP contribution in [-0.4, -0.2) is 16.1 Å². The van der Waals surface area contributed by atoms with E-state index >= 15 is 0 Å². The van der Waals surface area contributed by atoms with E-state index in [4.69, 9.17) is 4.74 Å². The van der Waals surface area contributed by atoms with Gasteiger partial charge in [0.2, 0.25) is 0 Å². The Morgan fingerprint density at radius 2 is 2.00 bits per heavy atom. The van der Waals surface area contributed by atoms with E-state index in [2.05, 4.69) is 36.3 Å². The third-order valence-electron chi connectivity index (χ3n) is 3.62. The third kappa shape index (κ3) is 4.33. The molecule has 0 saturated carbocycles. The van der Waals surface area contributed by atoms with Crippen LogP contribution in [0.3, 0.4) is 0 Å². The average Bonchev–Trinajstić information content (AvgIpc) is 2.92. The molecule has 4 nitrogen and oxygen atoms in total. The van der Waals surface area contributed by atoms with Crippen LogP contribution in [0.15, 0.2) is 36.7 Å². The Kier molecular flexibility index (Phi) is 5.81. The quantitative estimate of drug-likeness (QED) is 0.808. The lowest BCUT2D eigenvalue weighted by Crippen LogP contribution is -2.21. The first-order valence-corrected chi connectivity index (χ1v) is 7.67. The highest BCUT2D eigenvalue weighted by Gasteiger charge is 2.08. The number of nitrogens with zero attached hydrogens (tertiary/aromatic N) is 2. The van der Waals surface area contributed by atoms with Gasteiger partial charge in [0.15, 0.2) is 0 Å². The first-order valence-electron chi connectivity index (χ1n) is 7.67. The summed E-state index contributed by atoms with van der Waals surface area (Å²) in [6.07, 6.45) is 5.95. The minimum absolute atomic E-state index is 0.425. The lowest BCUT2D eigenvalue weighted by Gasteiger charge is -2.17. The van der Waals surface area contributed by atoms with Crippen LogP contribution in [0, 0.1) is 0 Å². The molecule has 2 rings (SSSR count). The SMILES string of the molecule is CCCNC(CC)c1ccc(OCc2nccn2C)cc1. The highest BCUT2D eigenvalue weighted by molar-refractivity contribution is 5.29. The number of hydrogen-bond acceptors (Lipinski definition) is 3. The molecular formula is C17H25N3O. The Bertz CT molecular complexity index is 533. The van der Waals surface area contributed by atoms with E-state index in [-0.39, 0.29) is 0 Å². The molecule has 1 aromatic heterocycles. The second-order valence-corrected chi connectivity index (χ2v) is 5.23. The molecule has 0 fully saturated rings. The molecule has 0 radical (unpaired) electrons. The monoisotopic (exact) mass is 287 g/mol. The summed E-state index contributed by atoms with van der Waals surface area (Å²) in [7, 11) is 1.97. The van der Waals surface area contributed by atoms with Gasteiger partial charge in [-0.25, -0.2) is 4.98 Å². The molecular weight excluding hydrogens is 262 g/mol. The Labute approximate surface area is 127 Å². The van der Waals surface area contributed by atoms with Crippen molar-refractivity contribution in [1.82, 2.24) is 14.9 Å². The van der Waals surface area contributed by atoms with Gasteiger partial charge in [0.25, 0.3) is 0 Å². The second-order valence-electron chi connectivity index (χ2n) is 5.23. The van der Waals surface area contributed by atoms with Crippen molar-refractivity contribution >= 4 is 0 Å². The van der Waals surface area contributed by atoms with E-state index in [1.807, 2.05) is 29.9 Å². The Balaban J connectivity index is 1.93. The van der Waals surface area contributed by atoms with Crippen molar-refractivity contribution in [2.75, 3.05) is 6.54 Å². The summed E-state index contributed by atoms with van der Waals surface area (Å²) in [6.45, 7) is 5.94. The van der Waals surface area contributed by atoms with Crippen LogP contribution in [0.5, 0.6) is 5.75 Å². The van der Waals surface area contributed by atoms with Crippen LogP contribution in [0.2, 0.25) is 0 Å². The summed E-state index contributed by atoms with van der Waals surface area (Å²) in [5, 5.41) is 3.56. The molecule has 1 aromatic carbocycles. The van der Waals surface area contributed by atoms with Crippen LogP contribution in [0.4, 0.5) is 0 Å². The zero-order valence-corrected chi connectivity index (χ0v) is 13.2. The number of benzene rings is 1. The fourth-order valence-corrected chi connectivity index (χ4v) is 2.30. The number of imidazole rings is 1. The van der Waals surface area contributed by atoms with Crippen molar-refractivity contribution < 1.29 is 4.74 Å². The van der Waals surface area contributed by atoms with E-state index in [9.17, 15) is 0 Å². The van der Waals surface area contributed by atoms with Crippen LogP contribution >= 0.6 is 0 Å². The van der Waals surface area contributed by atoms with E-state index in [1.54, 1.807) is 6.20 Å². The molecule has 21 heavy (non-hydrogen) atoms. The maximum Gasteiger partial charge on any atom is 0.146 e. The summed E-state index contributed by atoms with van der Waals surface area (Å²) >= 11 is 0. The number of nitrogens with one attached hydrogen (secondary N) is 1. The molecule has 0 spiro atoms. The Morgan fingerprint density at radius 3 is 2.57 bits per heavy atom. The topological polar surface area (TPSA) is 39.1 Å². The van der Waals surface area contributed by atoms with Crippen LogP contribution in [0.1, 0.15) is 44.1 Å². The van der Waals surface area contributed by atoms with Crippen molar-refractivity contribution in [3.05, 3.63) is 48.0 Å². The van der Waals surface area contributed by atoms with Gasteiger partial charge < -0.3 is 14.6 Å². The fraction of sp³-hybridized carbons (Fsp3) is 0.471. The summed E-state index contributed by atoms with van der Waals surface area (Å²) in [5.41, 5.74) is 1.32. The van der Waals surface area contributed by atoms with Gasteiger partial charge >= 0.3 is 0 Å². The van der Waals surface area contributed by atoms with Gasteiger partial charge in [-0.15, -0.1) is 0 Å². The summed E-state index contributed by atoms with van der Waals surface area (Å²) in [4.78, 5) is 4.25. The predicted octanol–water partition coefficient (Wildman–Crippen LogP) is 3.45. The lowest BCUT2D eigenvalue weighted by molar-refractivity contribution is 0.291. The van der Waals surface area contributed by atoms with E-state index in [0.717, 1.165) is 31.0 Å². The van der Waals surface area contributed by atoms with Crippen LogP contribution in [0.25, 0.3) is 0 Å². The molecule has 1 heterocycles. The standard InChI is InChI=1S/C17H25N3O/c1-4-10-18-16(5-2)14-6-8-15(9-7-14)21-13-17-19-11-12-20(17)3/h6-9,11-12,16,18H,4-5,10,13H2,1-3H3. The first-order chi connectivity index (χ1) is 10.2. The van der Waals surface area contributed by atoms with E-state index in [0.29, 0.717) is 12.6 Å². The van der Waals surface area contributed by atoms with E-state index < -0.39 is 0 Å². The average molecular weight is 287 g/mol. The smallest absolute Gasteiger partial charge is 0.146 e. The van der Waals surface area contributed by atoms with Gasteiger partial charge in [-0.1, -0.05) is 26.0 Å². The summed E-state index contributed by atoms with van der Waals surface area (Å²) in [6, 6.07) is 8.78. The zero-order chi connectivity index (χ0) is 15.1. The minimum Gasteiger partial charge on any atom is -0.486 e. The number of ether oxygens (including phenoxy) is 1. The van der Waals surface area contributed by atoms with Gasteiger partial charge in [-0.3, -0.25) is 0 Å². The van der Waals surface area contributed by atoms with Gasteiger partial charge in [-0.05, 0) is 37.1 Å². The lowest BCUT2D eigenvalue weighted by atomic mass is 10.0. The van der Waals surface area contributed by atoms with Crippen molar-refractivity contribution in [2.24, 2.45) is 7.05 Å². The van der Waals surface area contributed by atoms with Crippen molar-refractivity contribution in [2.45, 2.75) is 39.3 Å². The first kappa shape index (κ1) is 15.6. The second kappa shape index (κ2) is 7.84. The minimum atomic E-state index is 0.425. The molecule has 0 aliphatic carbocycles. The van der Waals surface area contributed by atoms with Crippen molar-refractivity contribution in [1.29, 1.82) is 0 Å². The zero-order valence-electron chi connectivity index (χ0n) is 13.2. The van der Waals surface area contributed by atoms with Gasteiger partial charge in [0.05, 0.1) is 0 Å². The largest absolute Gasteiger partial charge is 0.486 e. The Hall–Kier alpha value is -1.81. The highest BCUT2D eigenvalue weighted by Crippen LogP contribution is 2.20. The van der Waals surface area contributed by atoms with Gasteiger partial charge in [0.1, 0.15) is 18.2 Å². The summed E-state index contributed by atoms with van der Waals surface area (Å²) < 4.78 is 7.75.